The third-order valence-corrected chi connectivity index (χ3v) is 2.87. The molecule has 1 unspecified atom stereocenters. The van der Waals surface area contributed by atoms with Crippen LogP contribution >= 0.6 is 0 Å². The third kappa shape index (κ3) is 1.80. The number of hydrogen-bond acceptors (Lipinski definition) is 4. The van der Waals surface area contributed by atoms with Gasteiger partial charge in [0.2, 0.25) is 0 Å². The zero-order valence-electron chi connectivity index (χ0n) is 9.46. The topological polar surface area (TPSA) is 84.9 Å². The molecular formula is C13H11N3O2. The number of fused-ring (bicyclic) bond motifs is 1. The maximum atomic E-state index is 11.1. The van der Waals surface area contributed by atoms with Crippen molar-refractivity contribution < 1.29 is 4.42 Å². The normalized spacial score (nSPS) is 12.7. The Labute approximate surface area is 102 Å². The van der Waals surface area contributed by atoms with E-state index in [0.717, 1.165) is 11.1 Å². The van der Waals surface area contributed by atoms with Gasteiger partial charge < -0.3 is 10.2 Å². The molecule has 5 heteroatoms. The van der Waals surface area contributed by atoms with E-state index in [4.69, 9.17) is 10.2 Å². The van der Waals surface area contributed by atoms with E-state index in [9.17, 15) is 4.79 Å². The summed E-state index contributed by atoms with van der Waals surface area (Å²) in [7, 11) is 0. The Hall–Kier alpha value is -2.40. The lowest BCUT2D eigenvalue weighted by Gasteiger charge is -2.11. The molecular weight excluding hydrogens is 230 g/mol. The molecule has 0 saturated carbocycles. The van der Waals surface area contributed by atoms with Crippen molar-refractivity contribution >= 4 is 11.1 Å². The number of oxazole rings is 1. The zero-order chi connectivity index (χ0) is 12.5. The molecule has 0 fully saturated rings. The first kappa shape index (κ1) is 10.7. The van der Waals surface area contributed by atoms with E-state index < -0.39 is 5.76 Å². The van der Waals surface area contributed by atoms with Gasteiger partial charge in [-0.2, -0.15) is 0 Å². The van der Waals surface area contributed by atoms with E-state index in [0.29, 0.717) is 11.1 Å². The summed E-state index contributed by atoms with van der Waals surface area (Å²) in [5, 5.41) is 0. The maximum Gasteiger partial charge on any atom is 0.417 e. The minimum absolute atomic E-state index is 0.266. The maximum absolute atomic E-state index is 11.1. The van der Waals surface area contributed by atoms with Crippen molar-refractivity contribution in [1.29, 1.82) is 0 Å². The Bertz CT molecular complexity index is 731. The van der Waals surface area contributed by atoms with Gasteiger partial charge in [0.05, 0.1) is 11.6 Å². The number of nitrogens with zero attached hydrogens (tertiary/aromatic N) is 1. The summed E-state index contributed by atoms with van der Waals surface area (Å²) < 4.78 is 5.02. The van der Waals surface area contributed by atoms with E-state index in [1.807, 2.05) is 18.2 Å². The van der Waals surface area contributed by atoms with Crippen LogP contribution in [0.25, 0.3) is 11.1 Å². The summed E-state index contributed by atoms with van der Waals surface area (Å²) in [6.45, 7) is 0. The van der Waals surface area contributed by atoms with Crippen molar-refractivity contribution in [3.63, 3.8) is 0 Å². The van der Waals surface area contributed by atoms with Crippen molar-refractivity contribution in [1.82, 2.24) is 9.97 Å². The number of H-pyrrole nitrogens is 1. The van der Waals surface area contributed by atoms with Gasteiger partial charge in [-0.15, -0.1) is 0 Å². The molecule has 0 aliphatic carbocycles. The first-order valence-corrected chi connectivity index (χ1v) is 5.52. The minimum Gasteiger partial charge on any atom is -0.408 e. The highest BCUT2D eigenvalue weighted by Crippen LogP contribution is 2.22. The van der Waals surface area contributed by atoms with Crippen LogP contribution in [-0.4, -0.2) is 9.97 Å². The van der Waals surface area contributed by atoms with Crippen molar-refractivity contribution in [3.05, 3.63) is 64.4 Å². The number of benzene rings is 1. The van der Waals surface area contributed by atoms with E-state index in [-0.39, 0.29) is 6.04 Å². The average Bonchev–Trinajstić information content (AvgIpc) is 2.78. The molecule has 0 aliphatic heterocycles. The summed E-state index contributed by atoms with van der Waals surface area (Å²) in [6.07, 6.45) is 3.40. The summed E-state index contributed by atoms with van der Waals surface area (Å²) in [5.41, 5.74) is 9.19. The van der Waals surface area contributed by atoms with Crippen LogP contribution in [0.1, 0.15) is 17.2 Å². The lowest BCUT2D eigenvalue weighted by molar-refractivity contribution is 0.555. The van der Waals surface area contributed by atoms with Crippen LogP contribution in [0, 0.1) is 0 Å². The molecule has 3 rings (SSSR count). The Morgan fingerprint density at radius 1 is 1.17 bits per heavy atom. The second-order valence-corrected chi connectivity index (χ2v) is 4.03. The van der Waals surface area contributed by atoms with Gasteiger partial charge in [0, 0.05) is 12.4 Å². The highest BCUT2D eigenvalue weighted by atomic mass is 16.4. The second-order valence-electron chi connectivity index (χ2n) is 4.03. The SMILES string of the molecule is NC(c1ccncc1)c1ccc2[nH]c(=O)oc2c1. The second kappa shape index (κ2) is 4.12. The molecule has 2 heterocycles. The van der Waals surface area contributed by atoms with Crippen LogP contribution in [0.4, 0.5) is 0 Å². The molecule has 0 radical (unpaired) electrons. The molecule has 1 atom stereocenters. The Balaban J connectivity index is 2.06. The van der Waals surface area contributed by atoms with Gasteiger partial charge in [-0.3, -0.25) is 9.97 Å². The van der Waals surface area contributed by atoms with Crippen LogP contribution in [-0.2, 0) is 0 Å². The van der Waals surface area contributed by atoms with Crippen molar-refractivity contribution in [2.24, 2.45) is 5.73 Å². The number of rotatable bonds is 2. The molecule has 2 aromatic heterocycles. The number of hydrogen-bond donors (Lipinski definition) is 2. The Morgan fingerprint density at radius 3 is 2.72 bits per heavy atom. The molecule has 5 nitrogen and oxygen atoms in total. The first-order chi connectivity index (χ1) is 8.74. The quantitative estimate of drug-likeness (QED) is 0.713. The van der Waals surface area contributed by atoms with E-state index in [2.05, 4.69) is 9.97 Å². The fourth-order valence-corrected chi connectivity index (χ4v) is 1.92. The van der Waals surface area contributed by atoms with E-state index in [1.165, 1.54) is 0 Å². The van der Waals surface area contributed by atoms with Gasteiger partial charge >= 0.3 is 5.76 Å². The molecule has 1 aromatic carbocycles. The molecule has 3 N–H and O–H groups in total. The number of nitrogens with one attached hydrogen (secondary N) is 1. The van der Waals surface area contributed by atoms with E-state index >= 15 is 0 Å². The van der Waals surface area contributed by atoms with Crippen molar-refractivity contribution in [2.75, 3.05) is 0 Å². The van der Waals surface area contributed by atoms with Crippen LogP contribution in [0.15, 0.2) is 51.9 Å². The molecule has 0 saturated heterocycles. The molecule has 18 heavy (non-hydrogen) atoms. The number of aromatic nitrogens is 2. The average molecular weight is 241 g/mol. The summed E-state index contributed by atoms with van der Waals surface area (Å²) in [4.78, 5) is 17.6. The predicted molar refractivity (Wildman–Crippen MR) is 67.1 cm³/mol. The van der Waals surface area contributed by atoms with Gasteiger partial charge in [-0.25, -0.2) is 4.79 Å². The van der Waals surface area contributed by atoms with E-state index in [1.54, 1.807) is 24.5 Å². The number of aromatic amines is 1. The first-order valence-electron chi connectivity index (χ1n) is 5.52. The summed E-state index contributed by atoms with van der Waals surface area (Å²) in [5.74, 6) is -0.459. The summed E-state index contributed by atoms with van der Waals surface area (Å²) in [6, 6.07) is 8.90. The van der Waals surface area contributed by atoms with Gasteiger partial charge in [0.1, 0.15) is 0 Å². The standard InChI is InChI=1S/C13H11N3O2/c14-12(8-3-5-15-6-4-8)9-1-2-10-11(7-9)18-13(17)16-10/h1-7,12H,14H2,(H,16,17). The Kier molecular flexibility index (Phi) is 2.46. The zero-order valence-corrected chi connectivity index (χ0v) is 9.46. The summed E-state index contributed by atoms with van der Waals surface area (Å²) >= 11 is 0. The van der Waals surface area contributed by atoms with Gasteiger partial charge in [-0.05, 0) is 35.4 Å². The smallest absolute Gasteiger partial charge is 0.408 e. The lowest BCUT2D eigenvalue weighted by Crippen LogP contribution is -2.11. The third-order valence-electron chi connectivity index (χ3n) is 2.87. The van der Waals surface area contributed by atoms with Gasteiger partial charge in [-0.1, -0.05) is 6.07 Å². The predicted octanol–water partition coefficient (Wildman–Crippen LogP) is 1.56. The van der Waals surface area contributed by atoms with Crippen LogP contribution < -0.4 is 11.5 Å². The van der Waals surface area contributed by atoms with Gasteiger partial charge in [0.15, 0.2) is 5.58 Å². The molecule has 0 aliphatic rings. The molecule has 0 bridgehead atoms. The Morgan fingerprint density at radius 2 is 1.94 bits per heavy atom. The molecule has 90 valence electrons. The van der Waals surface area contributed by atoms with Crippen molar-refractivity contribution in [3.8, 4) is 0 Å². The lowest BCUT2D eigenvalue weighted by atomic mass is 10.0. The number of nitrogens with two attached hydrogens (primary N) is 1. The highest BCUT2D eigenvalue weighted by Gasteiger charge is 2.10. The highest BCUT2D eigenvalue weighted by molar-refractivity contribution is 5.73. The molecule has 3 aromatic rings. The fraction of sp³-hybridized carbons (Fsp3) is 0.0769. The van der Waals surface area contributed by atoms with Crippen LogP contribution in [0.5, 0.6) is 0 Å². The monoisotopic (exact) mass is 241 g/mol. The van der Waals surface area contributed by atoms with Gasteiger partial charge in [0.25, 0.3) is 0 Å². The van der Waals surface area contributed by atoms with Crippen LogP contribution in [0.3, 0.4) is 0 Å². The number of pyridine rings is 1. The molecule has 0 amide bonds. The minimum atomic E-state index is -0.459. The molecule has 0 spiro atoms. The van der Waals surface area contributed by atoms with Crippen LogP contribution in [0.2, 0.25) is 0 Å². The largest absolute Gasteiger partial charge is 0.417 e. The van der Waals surface area contributed by atoms with Crippen molar-refractivity contribution in [2.45, 2.75) is 6.04 Å². The fourth-order valence-electron chi connectivity index (χ4n) is 1.92.